The molecular weight excluding hydrogens is 356 g/mol. The van der Waals surface area contributed by atoms with Gasteiger partial charge in [-0.15, -0.1) is 0 Å². The Morgan fingerprint density at radius 1 is 1.29 bits per heavy atom. The van der Waals surface area contributed by atoms with Crippen LogP contribution in [0.5, 0.6) is 11.5 Å². The molecule has 1 aromatic carbocycles. The van der Waals surface area contributed by atoms with E-state index in [1.54, 1.807) is 7.11 Å². The largest absolute Gasteiger partial charge is 0.493 e. The summed E-state index contributed by atoms with van der Waals surface area (Å²) in [4.78, 5) is 13.2. The highest BCUT2D eigenvalue weighted by molar-refractivity contribution is 6.01. The van der Waals surface area contributed by atoms with E-state index in [-0.39, 0.29) is 17.1 Å². The molecule has 1 aliphatic carbocycles. The number of Topliss-reactive ketones (excluding diaryl/α,β-unsaturated/α-hetero) is 1. The Labute approximate surface area is 164 Å². The van der Waals surface area contributed by atoms with E-state index in [1.807, 2.05) is 32.0 Å². The third kappa shape index (κ3) is 2.97. The lowest BCUT2D eigenvalue weighted by molar-refractivity contribution is -0.118. The number of hydrogen-bond acceptors (Lipinski definition) is 6. The zero-order valence-corrected chi connectivity index (χ0v) is 17.0. The van der Waals surface area contributed by atoms with Crippen LogP contribution in [0.4, 0.5) is 5.88 Å². The molecule has 2 heterocycles. The molecule has 0 bridgehead atoms. The predicted octanol–water partition coefficient (Wildman–Crippen LogP) is 4.59. The second-order valence-electron chi connectivity index (χ2n) is 8.25. The smallest absolute Gasteiger partial charge is 0.233 e. The molecule has 1 aromatic heterocycles. The Hall–Kier alpha value is -2.76. The van der Waals surface area contributed by atoms with E-state index in [4.69, 9.17) is 14.0 Å². The number of allylic oxidation sites excluding steroid dienone is 2. The maximum absolute atomic E-state index is 13.2. The fraction of sp³-hybridized carbons (Fsp3) is 0.455. The van der Waals surface area contributed by atoms with Gasteiger partial charge in [-0.25, -0.2) is 0 Å². The van der Waals surface area contributed by atoms with E-state index in [1.165, 1.54) is 0 Å². The fourth-order valence-electron chi connectivity index (χ4n) is 4.34. The van der Waals surface area contributed by atoms with Crippen LogP contribution in [-0.4, -0.2) is 24.7 Å². The van der Waals surface area contributed by atoms with E-state index in [0.717, 1.165) is 34.5 Å². The molecule has 1 N–H and O–H groups in total. The van der Waals surface area contributed by atoms with Crippen LogP contribution < -0.4 is 14.8 Å². The van der Waals surface area contributed by atoms with Gasteiger partial charge in [0, 0.05) is 23.6 Å². The fourth-order valence-corrected chi connectivity index (χ4v) is 4.34. The Balaban J connectivity index is 1.90. The van der Waals surface area contributed by atoms with Crippen LogP contribution in [0.2, 0.25) is 0 Å². The van der Waals surface area contributed by atoms with Gasteiger partial charge in [-0.3, -0.25) is 4.79 Å². The predicted molar refractivity (Wildman–Crippen MR) is 106 cm³/mol. The molecule has 28 heavy (non-hydrogen) atoms. The summed E-state index contributed by atoms with van der Waals surface area (Å²) in [5.41, 5.74) is 4.33. The first-order chi connectivity index (χ1) is 13.3. The first kappa shape index (κ1) is 18.6. The highest BCUT2D eigenvalue weighted by Crippen LogP contribution is 2.50. The molecule has 0 saturated carbocycles. The van der Waals surface area contributed by atoms with Gasteiger partial charge in [-0.2, -0.15) is 0 Å². The van der Waals surface area contributed by atoms with Crippen LogP contribution in [-0.2, 0) is 4.79 Å². The lowest BCUT2D eigenvalue weighted by atomic mass is 9.69. The third-order valence-electron chi connectivity index (χ3n) is 5.49. The van der Waals surface area contributed by atoms with Gasteiger partial charge in [-0.1, -0.05) is 25.1 Å². The molecule has 0 radical (unpaired) electrons. The summed E-state index contributed by atoms with van der Waals surface area (Å²) >= 11 is 0. The van der Waals surface area contributed by atoms with E-state index < -0.39 is 0 Å². The van der Waals surface area contributed by atoms with Crippen LogP contribution in [0.3, 0.4) is 0 Å². The average molecular weight is 382 g/mol. The summed E-state index contributed by atoms with van der Waals surface area (Å²) in [6.07, 6.45) is 1.32. The summed E-state index contributed by atoms with van der Waals surface area (Å²) in [5.74, 6) is 1.91. The lowest BCUT2D eigenvalue weighted by Crippen LogP contribution is -2.33. The van der Waals surface area contributed by atoms with Crippen molar-refractivity contribution in [3.05, 3.63) is 46.3 Å². The molecule has 0 fully saturated rings. The molecule has 0 saturated heterocycles. The molecular formula is C22H26N2O4. The summed E-state index contributed by atoms with van der Waals surface area (Å²) < 4.78 is 16.8. The van der Waals surface area contributed by atoms with Crippen molar-refractivity contribution < 1.29 is 18.8 Å². The monoisotopic (exact) mass is 382 g/mol. The second-order valence-corrected chi connectivity index (χ2v) is 8.25. The Morgan fingerprint density at radius 2 is 2.07 bits per heavy atom. The van der Waals surface area contributed by atoms with Crippen LogP contribution in [0.15, 0.2) is 34.0 Å². The van der Waals surface area contributed by atoms with E-state index in [9.17, 15) is 4.79 Å². The van der Waals surface area contributed by atoms with Crippen molar-refractivity contribution in [1.29, 1.82) is 0 Å². The van der Waals surface area contributed by atoms with Crippen molar-refractivity contribution in [2.24, 2.45) is 5.41 Å². The minimum atomic E-state index is -0.230. The van der Waals surface area contributed by atoms with Crippen molar-refractivity contribution in [1.82, 2.24) is 5.16 Å². The number of aromatic nitrogens is 1. The maximum atomic E-state index is 13.2. The summed E-state index contributed by atoms with van der Waals surface area (Å²) in [6.45, 7) is 8.61. The minimum absolute atomic E-state index is 0.0869. The molecule has 1 aliphatic heterocycles. The standard InChI is InChI=1S/C22H26N2O4/c1-6-27-17-9-13(7-8-16(17)26-5)19-18-12(2)24-28-21(18)23-14-10-22(3,4)11-15(25)20(14)19/h7-9,19,23H,6,10-11H2,1-5H3/t19-/m0/s1. The molecule has 0 amide bonds. The summed E-state index contributed by atoms with van der Waals surface area (Å²) in [5, 5.41) is 7.50. The van der Waals surface area contributed by atoms with Gasteiger partial charge >= 0.3 is 0 Å². The number of benzene rings is 1. The van der Waals surface area contributed by atoms with Crippen LogP contribution in [0.1, 0.15) is 56.4 Å². The Morgan fingerprint density at radius 3 is 2.79 bits per heavy atom. The van der Waals surface area contributed by atoms with Crippen LogP contribution in [0, 0.1) is 12.3 Å². The Kier molecular flexibility index (Phi) is 4.44. The van der Waals surface area contributed by atoms with Gasteiger partial charge in [0.15, 0.2) is 17.3 Å². The number of carbonyl (C=O) groups excluding carboxylic acids is 1. The highest BCUT2D eigenvalue weighted by Gasteiger charge is 2.43. The first-order valence-electron chi connectivity index (χ1n) is 9.64. The normalized spacial score (nSPS) is 20.3. The molecule has 4 rings (SSSR count). The van der Waals surface area contributed by atoms with Crippen molar-refractivity contribution in [2.45, 2.75) is 46.5 Å². The van der Waals surface area contributed by atoms with Gasteiger partial charge in [0.1, 0.15) is 0 Å². The van der Waals surface area contributed by atoms with Gasteiger partial charge in [0.25, 0.3) is 0 Å². The molecule has 6 heteroatoms. The number of nitrogens with one attached hydrogen (secondary N) is 1. The second kappa shape index (κ2) is 6.69. The average Bonchev–Trinajstić information content (AvgIpc) is 3.00. The number of ether oxygens (including phenoxy) is 2. The number of anilines is 1. The number of fused-ring (bicyclic) bond motifs is 1. The maximum Gasteiger partial charge on any atom is 0.233 e. The quantitative estimate of drug-likeness (QED) is 0.834. The van der Waals surface area contributed by atoms with E-state index in [2.05, 4.69) is 24.3 Å². The minimum Gasteiger partial charge on any atom is -0.493 e. The molecule has 6 nitrogen and oxygen atoms in total. The van der Waals surface area contributed by atoms with E-state index >= 15 is 0 Å². The zero-order chi connectivity index (χ0) is 20.1. The van der Waals surface area contributed by atoms with Crippen molar-refractivity contribution in [3.63, 3.8) is 0 Å². The molecule has 0 spiro atoms. The number of hydrogen-bond donors (Lipinski definition) is 1. The number of methoxy groups -OCH3 is 1. The van der Waals surface area contributed by atoms with Crippen LogP contribution >= 0.6 is 0 Å². The topological polar surface area (TPSA) is 73.6 Å². The van der Waals surface area contributed by atoms with E-state index in [0.29, 0.717) is 30.4 Å². The van der Waals surface area contributed by atoms with Crippen LogP contribution in [0.25, 0.3) is 0 Å². The lowest BCUT2D eigenvalue weighted by Gasteiger charge is -2.37. The zero-order valence-electron chi connectivity index (χ0n) is 17.0. The molecule has 2 aromatic rings. The van der Waals surface area contributed by atoms with Gasteiger partial charge < -0.3 is 19.3 Å². The van der Waals surface area contributed by atoms with Crippen molar-refractivity contribution in [3.8, 4) is 11.5 Å². The Bertz CT molecular complexity index is 971. The number of nitrogens with zero attached hydrogens (tertiary/aromatic N) is 1. The van der Waals surface area contributed by atoms with Gasteiger partial charge in [0.2, 0.25) is 5.88 Å². The summed E-state index contributed by atoms with van der Waals surface area (Å²) in [6, 6.07) is 5.85. The molecule has 0 unspecified atom stereocenters. The summed E-state index contributed by atoms with van der Waals surface area (Å²) in [7, 11) is 1.62. The molecule has 148 valence electrons. The van der Waals surface area contributed by atoms with Crippen molar-refractivity contribution >= 4 is 11.7 Å². The first-order valence-corrected chi connectivity index (χ1v) is 9.64. The molecule has 2 aliphatic rings. The van der Waals surface area contributed by atoms with Gasteiger partial charge in [-0.05, 0) is 43.4 Å². The number of rotatable bonds is 4. The number of ketones is 1. The highest BCUT2D eigenvalue weighted by atomic mass is 16.5. The molecule has 1 atom stereocenters. The third-order valence-corrected chi connectivity index (χ3v) is 5.49. The number of aryl methyl sites for hydroxylation is 1. The number of carbonyl (C=O) groups is 1. The van der Waals surface area contributed by atoms with Crippen molar-refractivity contribution in [2.75, 3.05) is 19.0 Å². The SMILES string of the molecule is CCOc1cc([C@@H]2C3=C(CC(C)(C)CC3=O)Nc3onc(C)c32)ccc1OC. The van der Waals surface area contributed by atoms with Gasteiger partial charge in [0.05, 0.1) is 25.0 Å².